The quantitative estimate of drug-likeness (QED) is 0.839. The predicted molar refractivity (Wildman–Crippen MR) is 73.9 cm³/mol. The van der Waals surface area contributed by atoms with Crippen LogP contribution in [0.1, 0.15) is 27.0 Å². The maximum absolute atomic E-state index is 11.0. The lowest BCUT2D eigenvalue weighted by Crippen LogP contribution is -1.99. The van der Waals surface area contributed by atoms with Gasteiger partial charge in [0.15, 0.2) is 0 Å². The molecule has 3 heteroatoms. The van der Waals surface area contributed by atoms with Gasteiger partial charge in [0.05, 0.1) is 17.0 Å². The van der Waals surface area contributed by atoms with Gasteiger partial charge in [0, 0.05) is 16.7 Å². The van der Waals surface area contributed by atoms with Gasteiger partial charge in [0.25, 0.3) is 0 Å². The highest BCUT2D eigenvalue weighted by atomic mass is 16.4. The Kier molecular flexibility index (Phi) is 1.85. The van der Waals surface area contributed by atoms with Crippen LogP contribution in [0.25, 0.3) is 11.6 Å². The summed E-state index contributed by atoms with van der Waals surface area (Å²) in [5.74, 6) is -0.902. The molecule has 19 heavy (non-hydrogen) atoms. The number of carboxylic acids is 1. The summed E-state index contributed by atoms with van der Waals surface area (Å²) in [6.45, 7) is 0. The Hall–Kier alpha value is -2.68. The van der Waals surface area contributed by atoms with Gasteiger partial charge >= 0.3 is 5.97 Å². The molecule has 0 fully saturated rings. The van der Waals surface area contributed by atoms with E-state index in [4.69, 9.17) is 5.11 Å². The number of nitrogens with zero attached hydrogens (tertiary/aromatic N) is 1. The minimum atomic E-state index is -0.902. The Labute approximate surface area is 109 Å². The summed E-state index contributed by atoms with van der Waals surface area (Å²) >= 11 is 0. The van der Waals surface area contributed by atoms with Crippen LogP contribution in [0.3, 0.4) is 0 Å². The number of aromatic carboxylic acids is 1. The number of para-hydroxylation sites is 1. The third kappa shape index (κ3) is 1.32. The number of aliphatic imine (C=N–C) groups is 1. The molecule has 0 spiro atoms. The molecule has 0 saturated carbocycles. The number of hydrogen-bond acceptors (Lipinski definition) is 2. The van der Waals surface area contributed by atoms with E-state index >= 15 is 0 Å². The lowest BCUT2D eigenvalue weighted by atomic mass is 10.0. The van der Waals surface area contributed by atoms with Crippen LogP contribution in [-0.4, -0.2) is 16.8 Å². The van der Waals surface area contributed by atoms with Crippen molar-refractivity contribution in [1.82, 2.24) is 0 Å². The van der Waals surface area contributed by atoms with E-state index in [0.717, 1.165) is 33.7 Å². The van der Waals surface area contributed by atoms with Crippen molar-refractivity contribution in [2.45, 2.75) is 0 Å². The molecule has 2 aromatic rings. The fourth-order valence-corrected chi connectivity index (χ4v) is 2.64. The molecule has 0 atom stereocenters. The van der Waals surface area contributed by atoms with Crippen molar-refractivity contribution in [2.75, 3.05) is 0 Å². The van der Waals surface area contributed by atoms with Crippen molar-refractivity contribution in [2.24, 2.45) is 4.99 Å². The Morgan fingerprint density at radius 3 is 2.74 bits per heavy atom. The predicted octanol–water partition coefficient (Wildman–Crippen LogP) is 3.37. The molecule has 3 nitrogen and oxygen atoms in total. The lowest BCUT2D eigenvalue weighted by Gasteiger charge is -2.00. The largest absolute Gasteiger partial charge is 0.478 e. The molecule has 1 heterocycles. The molecule has 4 rings (SSSR count). The monoisotopic (exact) mass is 247 g/mol. The first-order chi connectivity index (χ1) is 9.24. The highest BCUT2D eigenvalue weighted by Gasteiger charge is 2.28. The molecule has 0 radical (unpaired) electrons. The summed E-state index contributed by atoms with van der Waals surface area (Å²) in [5.41, 5.74) is 6.40. The van der Waals surface area contributed by atoms with Gasteiger partial charge in [-0.3, -0.25) is 0 Å². The Bertz CT molecular complexity index is 800. The summed E-state index contributed by atoms with van der Waals surface area (Å²) in [7, 11) is 0. The number of rotatable bonds is 1. The second-order valence-corrected chi connectivity index (χ2v) is 4.64. The second kappa shape index (κ2) is 3.42. The lowest BCUT2D eigenvalue weighted by molar-refractivity contribution is 0.0697. The summed E-state index contributed by atoms with van der Waals surface area (Å²) in [6, 6.07) is 13.2. The van der Waals surface area contributed by atoms with E-state index in [0.29, 0.717) is 5.56 Å². The molecular formula is C16H9NO2. The average Bonchev–Trinajstić information content (AvgIpc) is 2.93. The van der Waals surface area contributed by atoms with Gasteiger partial charge in [0.2, 0.25) is 0 Å². The first-order valence-corrected chi connectivity index (χ1v) is 6.02. The van der Waals surface area contributed by atoms with Gasteiger partial charge in [-0.2, -0.15) is 0 Å². The van der Waals surface area contributed by atoms with E-state index in [1.165, 1.54) is 0 Å². The molecule has 0 aromatic heterocycles. The highest BCUT2D eigenvalue weighted by Crippen LogP contribution is 2.42. The molecule has 0 bridgehead atoms. The molecule has 1 aliphatic heterocycles. The van der Waals surface area contributed by atoms with E-state index < -0.39 is 5.97 Å². The second-order valence-electron chi connectivity index (χ2n) is 4.64. The van der Waals surface area contributed by atoms with E-state index in [-0.39, 0.29) is 0 Å². The topological polar surface area (TPSA) is 49.7 Å². The van der Waals surface area contributed by atoms with Crippen molar-refractivity contribution in [3.8, 4) is 0 Å². The Morgan fingerprint density at radius 1 is 1.05 bits per heavy atom. The first-order valence-electron chi connectivity index (χ1n) is 6.02. The van der Waals surface area contributed by atoms with Crippen LogP contribution < -0.4 is 0 Å². The Morgan fingerprint density at radius 2 is 1.89 bits per heavy atom. The number of fused-ring (bicyclic) bond motifs is 5. The number of carboxylic acid groups (broad SMARTS) is 1. The molecule has 0 unspecified atom stereocenters. The summed E-state index contributed by atoms with van der Waals surface area (Å²) in [6.07, 6.45) is 2.02. The number of hydrogen-bond donors (Lipinski definition) is 1. The van der Waals surface area contributed by atoms with Crippen LogP contribution in [0.15, 0.2) is 47.5 Å². The van der Waals surface area contributed by atoms with Gasteiger partial charge in [-0.05, 0) is 29.8 Å². The van der Waals surface area contributed by atoms with Crippen molar-refractivity contribution in [3.63, 3.8) is 0 Å². The molecule has 0 amide bonds. The van der Waals surface area contributed by atoms with Crippen LogP contribution in [0.5, 0.6) is 0 Å². The maximum atomic E-state index is 11.0. The van der Waals surface area contributed by atoms with E-state index in [1.54, 1.807) is 12.1 Å². The summed E-state index contributed by atoms with van der Waals surface area (Å²) in [4.78, 5) is 15.6. The van der Waals surface area contributed by atoms with Crippen molar-refractivity contribution < 1.29 is 9.90 Å². The Balaban J connectivity index is 1.92. The van der Waals surface area contributed by atoms with E-state index in [1.807, 2.05) is 36.4 Å². The molecule has 0 saturated heterocycles. The average molecular weight is 247 g/mol. The minimum absolute atomic E-state index is 0.310. The molecule has 2 aromatic carbocycles. The minimum Gasteiger partial charge on any atom is -0.478 e. The third-order valence-corrected chi connectivity index (χ3v) is 3.54. The zero-order valence-electron chi connectivity index (χ0n) is 9.92. The highest BCUT2D eigenvalue weighted by molar-refractivity contribution is 6.43. The first kappa shape index (κ1) is 10.3. The van der Waals surface area contributed by atoms with E-state index in [2.05, 4.69) is 4.99 Å². The van der Waals surface area contributed by atoms with Gasteiger partial charge in [0.1, 0.15) is 0 Å². The molecule has 1 aliphatic carbocycles. The third-order valence-electron chi connectivity index (χ3n) is 3.54. The molecule has 90 valence electrons. The van der Waals surface area contributed by atoms with Gasteiger partial charge in [-0.25, -0.2) is 9.79 Å². The zero-order chi connectivity index (χ0) is 13.0. The van der Waals surface area contributed by atoms with Crippen LogP contribution >= 0.6 is 0 Å². The number of benzene rings is 2. The van der Waals surface area contributed by atoms with Crippen molar-refractivity contribution in [3.05, 3.63) is 64.7 Å². The standard InChI is InChI=1S/C16H9NO2/c18-16(19)9-5-6-11-10(7-9)8-13-12-3-1-2-4-14(12)17-15(11)13/h1-8H,(H,18,19). The van der Waals surface area contributed by atoms with Crippen LogP contribution in [0.4, 0.5) is 5.69 Å². The maximum Gasteiger partial charge on any atom is 0.335 e. The van der Waals surface area contributed by atoms with Gasteiger partial charge in [-0.1, -0.05) is 24.3 Å². The summed E-state index contributed by atoms with van der Waals surface area (Å²) in [5, 5.41) is 9.03. The molecular weight excluding hydrogens is 238 g/mol. The number of allylic oxidation sites excluding steroid dienone is 1. The normalized spacial score (nSPS) is 14.3. The fourth-order valence-electron chi connectivity index (χ4n) is 2.64. The zero-order valence-corrected chi connectivity index (χ0v) is 9.92. The number of carbonyl (C=O) groups is 1. The van der Waals surface area contributed by atoms with Gasteiger partial charge < -0.3 is 5.11 Å². The van der Waals surface area contributed by atoms with E-state index in [9.17, 15) is 4.79 Å². The van der Waals surface area contributed by atoms with Crippen LogP contribution in [0.2, 0.25) is 0 Å². The summed E-state index contributed by atoms with van der Waals surface area (Å²) < 4.78 is 0. The van der Waals surface area contributed by atoms with Crippen molar-refractivity contribution in [1.29, 1.82) is 0 Å². The van der Waals surface area contributed by atoms with Crippen LogP contribution in [-0.2, 0) is 0 Å². The van der Waals surface area contributed by atoms with Crippen molar-refractivity contribution >= 4 is 29.0 Å². The van der Waals surface area contributed by atoms with Crippen LogP contribution in [0, 0.1) is 0 Å². The SMILES string of the molecule is O=C(O)c1ccc2c(c1)C=C1C2=Nc2ccccc21. The molecule has 2 aliphatic rings. The molecule has 1 N–H and O–H groups in total. The smallest absolute Gasteiger partial charge is 0.335 e. The van der Waals surface area contributed by atoms with Gasteiger partial charge in [-0.15, -0.1) is 0 Å². The fraction of sp³-hybridized carbons (Fsp3) is 0.